The SMILES string of the molecule is Cc1ccc(N2CC(C(=O)O)C2)cc1N1CC(C)(C)Oc2cc(C(F)(F)F)ccc21. The van der Waals surface area contributed by atoms with Gasteiger partial charge in [0.25, 0.3) is 0 Å². The van der Waals surface area contributed by atoms with Crippen LogP contribution < -0.4 is 14.5 Å². The molecule has 5 nitrogen and oxygen atoms in total. The van der Waals surface area contributed by atoms with E-state index in [9.17, 15) is 18.0 Å². The highest BCUT2D eigenvalue weighted by atomic mass is 19.4. The van der Waals surface area contributed by atoms with Gasteiger partial charge in [0.1, 0.15) is 11.4 Å². The van der Waals surface area contributed by atoms with Gasteiger partial charge in [-0.1, -0.05) is 6.07 Å². The lowest BCUT2D eigenvalue weighted by Crippen LogP contribution is -2.50. The van der Waals surface area contributed by atoms with Gasteiger partial charge < -0.3 is 19.6 Å². The number of alkyl halides is 3. The first-order valence-electron chi connectivity index (χ1n) is 9.71. The van der Waals surface area contributed by atoms with Gasteiger partial charge >= 0.3 is 12.1 Å². The Morgan fingerprint density at radius 3 is 2.47 bits per heavy atom. The molecule has 2 aromatic rings. The molecule has 8 heteroatoms. The minimum Gasteiger partial charge on any atom is -0.484 e. The molecule has 0 radical (unpaired) electrons. The Balaban J connectivity index is 1.72. The first kappa shape index (κ1) is 20.4. The smallest absolute Gasteiger partial charge is 0.416 e. The minimum atomic E-state index is -4.45. The number of anilines is 3. The number of halogens is 3. The van der Waals surface area contributed by atoms with Crippen LogP contribution in [-0.4, -0.2) is 36.3 Å². The summed E-state index contributed by atoms with van der Waals surface area (Å²) in [5.74, 6) is -0.984. The van der Waals surface area contributed by atoms with Gasteiger partial charge in [-0.15, -0.1) is 0 Å². The molecule has 2 aromatic carbocycles. The van der Waals surface area contributed by atoms with Gasteiger partial charge in [-0.05, 0) is 56.7 Å². The van der Waals surface area contributed by atoms with Gasteiger partial charge in [0, 0.05) is 24.5 Å². The lowest BCUT2D eigenvalue weighted by atomic mass is 9.98. The topological polar surface area (TPSA) is 53.0 Å². The summed E-state index contributed by atoms with van der Waals surface area (Å²) in [5, 5.41) is 9.12. The second kappa shape index (κ2) is 6.82. The molecule has 2 heterocycles. The van der Waals surface area contributed by atoms with Crippen LogP contribution in [0.25, 0.3) is 0 Å². The van der Waals surface area contributed by atoms with E-state index in [1.807, 2.05) is 48.8 Å². The average Bonchev–Trinajstić information content (AvgIpc) is 2.58. The maximum Gasteiger partial charge on any atom is 0.416 e. The minimum absolute atomic E-state index is 0.195. The number of aliphatic carboxylic acids is 1. The van der Waals surface area contributed by atoms with Crippen LogP contribution >= 0.6 is 0 Å². The molecule has 2 aliphatic heterocycles. The van der Waals surface area contributed by atoms with Gasteiger partial charge in [0.15, 0.2) is 0 Å². The number of carboxylic acid groups (broad SMARTS) is 1. The van der Waals surface area contributed by atoms with Gasteiger partial charge in [0.05, 0.1) is 23.7 Å². The second-order valence-corrected chi connectivity index (χ2v) is 8.54. The Bertz CT molecular complexity index is 998. The fraction of sp³-hybridized carbons (Fsp3) is 0.409. The Morgan fingerprint density at radius 1 is 1.13 bits per heavy atom. The average molecular weight is 420 g/mol. The molecular weight excluding hydrogens is 397 g/mol. The largest absolute Gasteiger partial charge is 0.484 e. The number of ether oxygens (including phenoxy) is 1. The van der Waals surface area contributed by atoms with Gasteiger partial charge in [0.2, 0.25) is 0 Å². The standard InChI is InChI=1S/C22H23F3N2O3/c1-13-4-6-16(26-10-14(11-26)20(28)29)9-18(13)27-12-21(2,3)30-19-8-15(22(23,24)25)5-7-17(19)27/h4-9,14H,10-12H2,1-3H3,(H,28,29). The number of hydrogen-bond donors (Lipinski definition) is 1. The first-order valence-corrected chi connectivity index (χ1v) is 9.71. The molecule has 0 saturated carbocycles. The zero-order valence-corrected chi connectivity index (χ0v) is 17.0. The van der Waals surface area contributed by atoms with E-state index in [1.54, 1.807) is 0 Å². The summed E-state index contributed by atoms with van der Waals surface area (Å²) in [5.41, 5.74) is 1.87. The van der Waals surface area contributed by atoms with E-state index < -0.39 is 23.3 Å². The number of hydrogen-bond acceptors (Lipinski definition) is 4. The molecule has 160 valence electrons. The fourth-order valence-electron chi connectivity index (χ4n) is 3.94. The zero-order valence-electron chi connectivity index (χ0n) is 17.0. The Labute approximate surface area is 172 Å². The molecule has 1 fully saturated rings. The van der Waals surface area contributed by atoms with Crippen LogP contribution in [0.5, 0.6) is 5.75 Å². The van der Waals surface area contributed by atoms with E-state index >= 15 is 0 Å². The normalized spacial score (nSPS) is 18.5. The molecule has 2 aliphatic rings. The highest BCUT2D eigenvalue weighted by Gasteiger charge is 2.38. The third kappa shape index (κ3) is 3.66. The zero-order chi connectivity index (χ0) is 21.8. The molecule has 1 saturated heterocycles. The molecular formula is C22H23F3N2O3. The summed E-state index contributed by atoms with van der Waals surface area (Å²) in [4.78, 5) is 15.1. The van der Waals surface area contributed by atoms with E-state index in [2.05, 4.69) is 0 Å². The number of rotatable bonds is 3. The number of fused-ring (bicyclic) bond motifs is 1. The van der Waals surface area contributed by atoms with Crippen LogP contribution in [0.15, 0.2) is 36.4 Å². The summed E-state index contributed by atoms with van der Waals surface area (Å²) >= 11 is 0. The van der Waals surface area contributed by atoms with Crippen molar-refractivity contribution in [1.29, 1.82) is 0 Å². The molecule has 0 amide bonds. The van der Waals surface area contributed by atoms with E-state index in [0.717, 1.165) is 29.1 Å². The number of nitrogens with zero attached hydrogens (tertiary/aromatic N) is 2. The summed E-state index contributed by atoms with van der Waals surface area (Å²) < 4.78 is 45.5. The Hall–Kier alpha value is -2.90. The summed E-state index contributed by atoms with van der Waals surface area (Å²) in [6, 6.07) is 9.43. The third-order valence-corrected chi connectivity index (χ3v) is 5.58. The predicted molar refractivity (Wildman–Crippen MR) is 108 cm³/mol. The number of carbonyl (C=O) groups is 1. The lowest BCUT2D eigenvalue weighted by Gasteiger charge is -2.43. The molecule has 0 bridgehead atoms. The van der Waals surface area contributed by atoms with Crippen molar-refractivity contribution in [2.75, 3.05) is 29.4 Å². The van der Waals surface area contributed by atoms with Crippen molar-refractivity contribution in [2.45, 2.75) is 32.5 Å². The molecule has 0 atom stereocenters. The van der Waals surface area contributed by atoms with Crippen molar-refractivity contribution in [3.8, 4) is 5.75 Å². The lowest BCUT2D eigenvalue weighted by molar-refractivity contribution is -0.142. The van der Waals surface area contributed by atoms with E-state index in [0.29, 0.717) is 25.3 Å². The van der Waals surface area contributed by atoms with E-state index in [1.165, 1.54) is 6.07 Å². The molecule has 0 spiro atoms. The summed E-state index contributed by atoms with van der Waals surface area (Å²) in [7, 11) is 0. The highest BCUT2D eigenvalue weighted by molar-refractivity contribution is 5.78. The second-order valence-electron chi connectivity index (χ2n) is 8.54. The molecule has 0 aliphatic carbocycles. The molecule has 30 heavy (non-hydrogen) atoms. The quantitative estimate of drug-likeness (QED) is 0.770. The number of aryl methyl sites for hydroxylation is 1. The van der Waals surface area contributed by atoms with Crippen LogP contribution in [-0.2, 0) is 11.0 Å². The Morgan fingerprint density at radius 2 is 1.83 bits per heavy atom. The summed E-state index contributed by atoms with van der Waals surface area (Å²) in [6.45, 7) is 6.98. The van der Waals surface area contributed by atoms with Crippen LogP contribution in [0.2, 0.25) is 0 Å². The highest BCUT2D eigenvalue weighted by Crippen LogP contribution is 2.45. The third-order valence-electron chi connectivity index (χ3n) is 5.58. The van der Waals surface area contributed by atoms with Crippen molar-refractivity contribution in [3.05, 3.63) is 47.5 Å². The van der Waals surface area contributed by atoms with Gasteiger partial charge in [-0.2, -0.15) is 13.2 Å². The van der Waals surface area contributed by atoms with Crippen molar-refractivity contribution >= 4 is 23.0 Å². The number of carboxylic acids is 1. The molecule has 1 N–H and O–H groups in total. The van der Waals surface area contributed by atoms with Crippen molar-refractivity contribution < 1.29 is 27.8 Å². The summed E-state index contributed by atoms with van der Waals surface area (Å²) in [6.07, 6.45) is -4.45. The maximum absolute atomic E-state index is 13.2. The maximum atomic E-state index is 13.2. The van der Waals surface area contributed by atoms with Crippen LogP contribution in [0.1, 0.15) is 25.0 Å². The number of benzene rings is 2. The monoisotopic (exact) mass is 420 g/mol. The van der Waals surface area contributed by atoms with Crippen LogP contribution in [0.4, 0.5) is 30.2 Å². The van der Waals surface area contributed by atoms with Crippen molar-refractivity contribution in [1.82, 2.24) is 0 Å². The fourth-order valence-corrected chi connectivity index (χ4v) is 3.94. The van der Waals surface area contributed by atoms with Crippen molar-refractivity contribution in [2.24, 2.45) is 5.92 Å². The first-order chi connectivity index (χ1) is 13.9. The van der Waals surface area contributed by atoms with Gasteiger partial charge in [-0.3, -0.25) is 4.79 Å². The van der Waals surface area contributed by atoms with E-state index in [4.69, 9.17) is 9.84 Å². The molecule has 0 aromatic heterocycles. The van der Waals surface area contributed by atoms with Crippen molar-refractivity contribution in [3.63, 3.8) is 0 Å². The van der Waals surface area contributed by atoms with Gasteiger partial charge in [-0.25, -0.2) is 0 Å². The Kier molecular flexibility index (Phi) is 4.63. The molecule has 4 rings (SSSR count). The molecule has 0 unspecified atom stereocenters. The van der Waals surface area contributed by atoms with Crippen LogP contribution in [0, 0.1) is 12.8 Å². The predicted octanol–water partition coefficient (Wildman–Crippen LogP) is 4.84. The van der Waals surface area contributed by atoms with E-state index in [-0.39, 0.29) is 11.7 Å². The van der Waals surface area contributed by atoms with Crippen LogP contribution in [0.3, 0.4) is 0 Å².